The number of sulfonamides is 1. The molecule has 0 aliphatic heterocycles. The molecule has 1 heterocycles. The second-order valence-electron chi connectivity index (χ2n) is 6.77. The van der Waals surface area contributed by atoms with Gasteiger partial charge in [0.25, 0.3) is 10.0 Å². The second-order valence-corrected chi connectivity index (χ2v) is 10.1. The van der Waals surface area contributed by atoms with Crippen LogP contribution in [0.3, 0.4) is 0 Å². The third-order valence-corrected chi connectivity index (χ3v) is 7.83. The predicted octanol–water partition coefficient (Wildman–Crippen LogP) is 3.61. The van der Waals surface area contributed by atoms with Crippen molar-refractivity contribution in [1.82, 2.24) is 9.29 Å². The molecule has 8 nitrogen and oxygen atoms in total. The minimum absolute atomic E-state index is 0.0328. The van der Waals surface area contributed by atoms with Crippen LogP contribution in [0.15, 0.2) is 28.6 Å². The van der Waals surface area contributed by atoms with Crippen molar-refractivity contribution in [2.24, 2.45) is 0 Å². The number of urea groups is 1. The number of carbonyl (C=O) groups excluding carboxylic acids is 1. The number of hydrogen-bond acceptors (Lipinski definition) is 6. The Balaban J connectivity index is 2.14. The predicted molar refractivity (Wildman–Crippen MR) is 120 cm³/mol. The Morgan fingerprint density at radius 1 is 1.14 bits per heavy atom. The highest BCUT2D eigenvalue weighted by Crippen LogP contribution is 2.31. The van der Waals surface area contributed by atoms with Crippen LogP contribution in [-0.4, -0.2) is 58.0 Å². The summed E-state index contributed by atoms with van der Waals surface area (Å²) in [5.74, 6) is 0. The fraction of sp³-hybridized carbons (Fsp3) is 0.474. The van der Waals surface area contributed by atoms with E-state index in [2.05, 4.69) is 29.0 Å². The number of nitrogens with zero attached hydrogens (tertiary/aromatic N) is 4. The first-order valence-electron chi connectivity index (χ1n) is 9.41. The number of aromatic nitrogens is 1. The van der Waals surface area contributed by atoms with E-state index in [4.69, 9.17) is 0 Å². The lowest BCUT2D eigenvalue weighted by molar-refractivity contribution is 0.258. The summed E-state index contributed by atoms with van der Waals surface area (Å²) in [4.78, 5) is 20.4. The van der Waals surface area contributed by atoms with E-state index in [0.29, 0.717) is 16.4 Å². The number of amides is 2. The van der Waals surface area contributed by atoms with Crippen molar-refractivity contribution >= 4 is 43.8 Å². The highest BCUT2D eigenvalue weighted by Gasteiger charge is 2.26. The van der Waals surface area contributed by atoms with Crippen LogP contribution in [0.1, 0.15) is 26.0 Å². The lowest BCUT2D eigenvalue weighted by Gasteiger charge is -2.23. The first-order valence-corrected chi connectivity index (χ1v) is 11.7. The van der Waals surface area contributed by atoms with Gasteiger partial charge in [0.2, 0.25) is 4.34 Å². The molecule has 0 unspecified atom stereocenters. The van der Waals surface area contributed by atoms with Crippen molar-refractivity contribution in [2.45, 2.75) is 31.5 Å². The molecule has 2 amide bonds. The number of hydrogen-bond donors (Lipinski definition) is 1. The molecule has 2 rings (SSSR count). The molecule has 0 spiro atoms. The quantitative estimate of drug-likeness (QED) is 0.679. The van der Waals surface area contributed by atoms with E-state index in [-0.39, 0.29) is 10.4 Å². The molecule has 0 atom stereocenters. The summed E-state index contributed by atoms with van der Waals surface area (Å²) >= 11 is 0.974. The smallest absolute Gasteiger partial charge is 0.326 e. The zero-order valence-electron chi connectivity index (χ0n) is 17.8. The minimum atomic E-state index is -3.64. The molecule has 0 saturated heterocycles. The second kappa shape index (κ2) is 9.55. The molecule has 0 fully saturated rings. The van der Waals surface area contributed by atoms with Crippen molar-refractivity contribution in [3.63, 3.8) is 0 Å². The maximum absolute atomic E-state index is 12.7. The van der Waals surface area contributed by atoms with Crippen LogP contribution in [0.2, 0.25) is 0 Å². The largest absolute Gasteiger partial charge is 0.372 e. The monoisotopic (exact) mass is 439 g/mol. The van der Waals surface area contributed by atoms with E-state index >= 15 is 0 Å². The molecule has 2 aromatic rings. The van der Waals surface area contributed by atoms with Gasteiger partial charge in [0.15, 0.2) is 0 Å². The van der Waals surface area contributed by atoms with Crippen LogP contribution in [0, 0.1) is 6.92 Å². The van der Waals surface area contributed by atoms with Crippen molar-refractivity contribution < 1.29 is 13.2 Å². The lowest BCUT2D eigenvalue weighted by Crippen LogP contribution is -2.31. The van der Waals surface area contributed by atoms with Crippen molar-refractivity contribution in [2.75, 3.05) is 49.3 Å². The van der Waals surface area contributed by atoms with Gasteiger partial charge in [-0.15, -0.1) is 0 Å². The lowest BCUT2D eigenvalue weighted by atomic mass is 10.2. The highest BCUT2D eigenvalue weighted by atomic mass is 32.2. The fourth-order valence-corrected chi connectivity index (χ4v) is 5.17. The molecular weight excluding hydrogens is 410 g/mol. The van der Waals surface area contributed by atoms with E-state index in [9.17, 15) is 13.2 Å². The number of carbonyl (C=O) groups is 1. The van der Waals surface area contributed by atoms with Crippen LogP contribution in [0.25, 0.3) is 0 Å². The summed E-state index contributed by atoms with van der Waals surface area (Å²) in [6.07, 6.45) is 1.07. The van der Waals surface area contributed by atoms with Gasteiger partial charge in [-0.2, -0.15) is 0 Å². The molecule has 10 heteroatoms. The van der Waals surface area contributed by atoms with Gasteiger partial charge in [0.05, 0.1) is 5.69 Å². The average molecular weight is 440 g/mol. The molecule has 0 bridgehead atoms. The van der Waals surface area contributed by atoms with Crippen LogP contribution in [-0.2, 0) is 10.0 Å². The Bertz CT molecular complexity index is 939. The van der Waals surface area contributed by atoms with E-state index in [1.54, 1.807) is 14.0 Å². The maximum Gasteiger partial charge on any atom is 0.326 e. The van der Waals surface area contributed by atoms with Gasteiger partial charge in [-0.1, -0.05) is 18.3 Å². The van der Waals surface area contributed by atoms with Gasteiger partial charge in [-0.05, 0) is 44.5 Å². The molecule has 0 aliphatic rings. The highest BCUT2D eigenvalue weighted by molar-refractivity contribution is 7.91. The molecule has 0 aliphatic carbocycles. The fourth-order valence-electron chi connectivity index (χ4n) is 2.74. The van der Waals surface area contributed by atoms with Crippen LogP contribution >= 0.6 is 11.3 Å². The molecule has 1 aromatic heterocycles. The van der Waals surface area contributed by atoms with E-state index in [1.165, 1.54) is 19.0 Å². The van der Waals surface area contributed by atoms with Crippen molar-refractivity contribution in [1.29, 1.82) is 0 Å². The van der Waals surface area contributed by atoms with Crippen molar-refractivity contribution in [3.8, 4) is 0 Å². The summed E-state index contributed by atoms with van der Waals surface area (Å²) in [5.41, 5.74) is 2.26. The Labute approximate surface area is 177 Å². The number of benzene rings is 1. The first-order chi connectivity index (χ1) is 13.6. The summed E-state index contributed by atoms with van der Waals surface area (Å²) < 4.78 is 25.7. The Kier molecular flexibility index (Phi) is 7.61. The molecule has 0 saturated carbocycles. The average Bonchev–Trinajstić information content (AvgIpc) is 3.08. The van der Waals surface area contributed by atoms with Crippen molar-refractivity contribution in [3.05, 3.63) is 30.0 Å². The Morgan fingerprint density at radius 3 is 2.28 bits per heavy atom. The summed E-state index contributed by atoms with van der Waals surface area (Å²) in [5, 5.41) is 3.33. The molecule has 1 aromatic carbocycles. The van der Waals surface area contributed by atoms with E-state index in [1.807, 2.05) is 24.3 Å². The van der Waals surface area contributed by atoms with Crippen LogP contribution in [0.4, 0.5) is 21.2 Å². The Hall–Kier alpha value is -2.17. The van der Waals surface area contributed by atoms with E-state index < -0.39 is 10.0 Å². The van der Waals surface area contributed by atoms with Gasteiger partial charge in [-0.3, -0.25) is 4.90 Å². The van der Waals surface area contributed by atoms with Gasteiger partial charge >= 0.3 is 6.03 Å². The number of aryl methyl sites for hydroxylation is 1. The topological polar surface area (TPSA) is 85.8 Å². The third kappa shape index (κ3) is 5.26. The molecule has 1 N–H and O–H groups in total. The van der Waals surface area contributed by atoms with Gasteiger partial charge < -0.3 is 10.2 Å². The standard InChI is InChI=1S/C19H29N5O3S2/c1-7-13-24(8-2)16-11-9-15(10-12-16)21-18(25)23(6)17-14(3)20-19(28-17)29(26,27)22(4)5/h9-12H,7-8,13H2,1-6H3,(H,21,25). The summed E-state index contributed by atoms with van der Waals surface area (Å²) in [6.45, 7) is 7.84. The summed E-state index contributed by atoms with van der Waals surface area (Å²) in [7, 11) is 0.855. The molecular formula is C19H29N5O3S2. The van der Waals surface area contributed by atoms with E-state index in [0.717, 1.165) is 40.8 Å². The minimum Gasteiger partial charge on any atom is -0.372 e. The van der Waals surface area contributed by atoms with Gasteiger partial charge in [-0.25, -0.2) is 22.5 Å². The van der Waals surface area contributed by atoms with Crippen LogP contribution < -0.4 is 15.1 Å². The molecule has 0 radical (unpaired) electrons. The maximum atomic E-state index is 12.7. The van der Waals surface area contributed by atoms with Gasteiger partial charge in [0, 0.05) is 45.6 Å². The number of nitrogens with one attached hydrogen (secondary N) is 1. The van der Waals surface area contributed by atoms with Gasteiger partial charge in [0.1, 0.15) is 5.00 Å². The molecule has 160 valence electrons. The van der Waals surface area contributed by atoms with Crippen LogP contribution in [0.5, 0.6) is 0 Å². The normalized spacial score (nSPS) is 11.6. The molecule has 29 heavy (non-hydrogen) atoms. The zero-order chi connectivity index (χ0) is 21.8. The zero-order valence-corrected chi connectivity index (χ0v) is 19.4. The SMILES string of the molecule is CCCN(CC)c1ccc(NC(=O)N(C)c2sc(S(=O)(=O)N(C)C)nc2C)cc1. The number of thiazole rings is 1. The Morgan fingerprint density at radius 2 is 1.76 bits per heavy atom. The summed E-state index contributed by atoms with van der Waals surface area (Å²) in [6, 6.07) is 7.32. The number of rotatable bonds is 8. The first kappa shape index (κ1) is 23.1. The third-order valence-electron chi connectivity index (χ3n) is 4.42. The number of anilines is 3.